The van der Waals surface area contributed by atoms with Gasteiger partial charge in [0.2, 0.25) is 6.29 Å². The smallest absolute Gasteiger partial charge is 0.225 e. The number of benzene rings is 2. The van der Waals surface area contributed by atoms with Gasteiger partial charge in [0.25, 0.3) is 0 Å². The summed E-state index contributed by atoms with van der Waals surface area (Å²) in [6.45, 7) is 0. The molecule has 4 heteroatoms. The Hall–Kier alpha value is -2.64. The number of nitrogens with zero attached hydrogens (tertiary/aromatic N) is 1. The molecule has 1 atom stereocenters. The van der Waals surface area contributed by atoms with E-state index in [0.29, 0.717) is 16.9 Å². The van der Waals surface area contributed by atoms with Gasteiger partial charge >= 0.3 is 0 Å². The topological polar surface area (TPSA) is 53.2 Å². The highest BCUT2D eigenvalue weighted by atomic mass is 19.1. The van der Waals surface area contributed by atoms with E-state index in [-0.39, 0.29) is 5.56 Å². The van der Waals surface area contributed by atoms with E-state index in [1.54, 1.807) is 24.3 Å². The molecule has 2 aromatic rings. The number of aliphatic hydroxyl groups excluding tert-OH is 1. The lowest BCUT2D eigenvalue weighted by molar-refractivity contribution is -0.0289. The van der Waals surface area contributed by atoms with Crippen LogP contribution in [0, 0.1) is 17.1 Å². The van der Waals surface area contributed by atoms with Crippen molar-refractivity contribution in [2.45, 2.75) is 6.29 Å². The summed E-state index contributed by atoms with van der Waals surface area (Å²) >= 11 is 0. The van der Waals surface area contributed by atoms with Crippen LogP contribution < -0.4 is 0 Å². The molecule has 0 fully saturated rings. The Morgan fingerprint density at radius 1 is 1.25 bits per heavy atom. The summed E-state index contributed by atoms with van der Waals surface area (Å²) in [7, 11) is 0. The monoisotopic (exact) mass is 267 g/mol. The molecule has 0 saturated heterocycles. The van der Waals surface area contributed by atoms with Crippen LogP contribution in [0.1, 0.15) is 28.5 Å². The molecule has 98 valence electrons. The second-order valence-electron chi connectivity index (χ2n) is 4.42. The standard InChI is InChI=1S/C16H10FNO2/c17-14-6-5-10(7-11(14)9-18)8-15-12-3-1-2-4-13(12)16(19)20-15/h1-8,16,19H/b15-8-. The summed E-state index contributed by atoms with van der Waals surface area (Å²) in [5, 5.41) is 18.6. The van der Waals surface area contributed by atoms with E-state index >= 15 is 0 Å². The number of ether oxygens (including phenoxy) is 1. The first kappa shape index (κ1) is 12.4. The second kappa shape index (κ2) is 4.80. The summed E-state index contributed by atoms with van der Waals surface area (Å²) in [5.74, 6) is -0.0500. The maximum absolute atomic E-state index is 13.3. The molecular weight excluding hydrogens is 257 g/mol. The summed E-state index contributed by atoms with van der Waals surface area (Å²) in [4.78, 5) is 0. The Bertz CT molecular complexity index is 746. The second-order valence-corrected chi connectivity index (χ2v) is 4.42. The number of hydrogen-bond acceptors (Lipinski definition) is 3. The van der Waals surface area contributed by atoms with Crippen molar-refractivity contribution < 1.29 is 14.2 Å². The predicted molar refractivity (Wildman–Crippen MR) is 71.5 cm³/mol. The van der Waals surface area contributed by atoms with Crippen molar-refractivity contribution in [2.24, 2.45) is 0 Å². The lowest BCUT2D eigenvalue weighted by Crippen LogP contribution is -1.91. The van der Waals surface area contributed by atoms with Crippen LogP contribution in [0.4, 0.5) is 4.39 Å². The number of hydrogen-bond donors (Lipinski definition) is 1. The Morgan fingerprint density at radius 3 is 2.85 bits per heavy atom. The third-order valence-corrected chi connectivity index (χ3v) is 3.14. The van der Waals surface area contributed by atoms with Crippen molar-refractivity contribution in [2.75, 3.05) is 0 Å². The summed E-state index contributed by atoms with van der Waals surface area (Å²) < 4.78 is 18.6. The molecule has 0 aromatic heterocycles. The van der Waals surface area contributed by atoms with Gasteiger partial charge in [-0.05, 0) is 23.8 Å². The van der Waals surface area contributed by atoms with Gasteiger partial charge in [-0.25, -0.2) is 4.39 Å². The maximum Gasteiger partial charge on any atom is 0.225 e. The molecule has 20 heavy (non-hydrogen) atoms. The first-order valence-corrected chi connectivity index (χ1v) is 6.04. The van der Waals surface area contributed by atoms with Crippen LogP contribution in [-0.2, 0) is 4.74 Å². The van der Waals surface area contributed by atoms with Gasteiger partial charge in [-0.2, -0.15) is 5.26 Å². The molecule has 0 bridgehead atoms. The molecule has 3 rings (SSSR count). The number of fused-ring (bicyclic) bond motifs is 1. The van der Waals surface area contributed by atoms with E-state index in [1.165, 1.54) is 12.1 Å². The van der Waals surface area contributed by atoms with Gasteiger partial charge in [0.15, 0.2) is 0 Å². The Balaban J connectivity index is 2.05. The Kier molecular flexibility index (Phi) is 2.97. The normalized spacial score (nSPS) is 18.4. The minimum atomic E-state index is -0.992. The molecule has 2 aromatic carbocycles. The predicted octanol–water partition coefficient (Wildman–Crippen LogP) is 3.22. The van der Waals surface area contributed by atoms with Crippen molar-refractivity contribution in [3.8, 4) is 6.07 Å². The lowest BCUT2D eigenvalue weighted by Gasteiger charge is -2.03. The number of nitriles is 1. The minimum Gasteiger partial charge on any atom is -0.460 e. The van der Waals surface area contributed by atoms with E-state index in [9.17, 15) is 9.50 Å². The highest BCUT2D eigenvalue weighted by Gasteiger charge is 2.25. The van der Waals surface area contributed by atoms with Crippen LogP contribution in [0.15, 0.2) is 42.5 Å². The lowest BCUT2D eigenvalue weighted by atomic mass is 10.1. The fourth-order valence-corrected chi connectivity index (χ4v) is 2.17. The van der Waals surface area contributed by atoms with Gasteiger partial charge in [0, 0.05) is 11.1 Å². The zero-order valence-electron chi connectivity index (χ0n) is 10.4. The Labute approximate surface area is 115 Å². The average molecular weight is 267 g/mol. The molecule has 1 heterocycles. The largest absolute Gasteiger partial charge is 0.460 e. The van der Waals surface area contributed by atoms with Crippen LogP contribution >= 0.6 is 0 Å². The molecule has 0 aliphatic carbocycles. The van der Waals surface area contributed by atoms with Gasteiger partial charge in [-0.1, -0.05) is 30.3 Å². The number of rotatable bonds is 1. The van der Waals surface area contributed by atoms with E-state index in [1.807, 2.05) is 18.2 Å². The molecule has 1 N–H and O–H groups in total. The fraction of sp³-hybridized carbons (Fsp3) is 0.0625. The van der Waals surface area contributed by atoms with Crippen molar-refractivity contribution in [3.63, 3.8) is 0 Å². The molecular formula is C16H10FNO2. The van der Waals surface area contributed by atoms with Gasteiger partial charge in [0.05, 0.1) is 5.56 Å². The molecule has 0 saturated carbocycles. The average Bonchev–Trinajstić information content (AvgIpc) is 2.78. The summed E-state index contributed by atoms with van der Waals surface area (Å²) in [6.07, 6.45) is 0.684. The summed E-state index contributed by atoms with van der Waals surface area (Å²) in [5.41, 5.74) is 2.11. The molecule has 0 spiro atoms. The summed E-state index contributed by atoms with van der Waals surface area (Å²) in [6, 6.07) is 13.3. The molecule has 3 nitrogen and oxygen atoms in total. The zero-order valence-corrected chi connectivity index (χ0v) is 10.4. The van der Waals surface area contributed by atoms with Crippen molar-refractivity contribution >= 4 is 11.8 Å². The number of aliphatic hydroxyl groups is 1. The Morgan fingerprint density at radius 2 is 2.05 bits per heavy atom. The number of halogens is 1. The van der Waals surface area contributed by atoms with Crippen molar-refractivity contribution in [3.05, 3.63) is 70.5 Å². The van der Waals surface area contributed by atoms with Crippen LogP contribution in [0.2, 0.25) is 0 Å². The third kappa shape index (κ3) is 2.04. The van der Waals surface area contributed by atoms with Gasteiger partial charge in [-0.15, -0.1) is 0 Å². The zero-order chi connectivity index (χ0) is 14.1. The van der Waals surface area contributed by atoms with Crippen molar-refractivity contribution in [1.29, 1.82) is 5.26 Å². The first-order chi connectivity index (χ1) is 9.69. The minimum absolute atomic E-state index is 0.0221. The van der Waals surface area contributed by atoms with E-state index < -0.39 is 12.1 Å². The SMILES string of the molecule is N#Cc1cc(/C=C2\OC(O)c3ccccc32)ccc1F. The van der Waals surface area contributed by atoms with Gasteiger partial charge < -0.3 is 9.84 Å². The van der Waals surface area contributed by atoms with Crippen LogP contribution in [0.25, 0.3) is 11.8 Å². The van der Waals surface area contributed by atoms with Gasteiger partial charge in [0.1, 0.15) is 17.6 Å². The van der Waals surface area contributed by atoms with Crippen LogP contribution in [0.5, 0.6) is 0 Å². The van der Waals surface area contributed by atoms with Gasteiger partial charge in [-0.3, -0.25) is 0 Å². The van der Waals surface area contributed by atoms with E-state index in [4.69, 9.17) is 10.00 Å². The quantitative estimate of drug-likeness (QED) is 0.863. The van der Waals surface area contributed by atoms with Crippen LogP contribution in [-0.4, -0.2) is 5.11 Å². The molecule has 1 aliphatic heterocycles. The van der Waals surface area contributed by atoms with E-state index in [2.05, 4.69) is 0 Å². The third-order valence-electron chi connectivity index (χ3n) is 3.14. The molecule has 0 radical (unpaired) electrons. The highest BCUT2D eigenvalue weighted by Crippen LogP contribution is 2.37. The molecule has 1 aliphatic rings. The fourth-order valence-electron chi connectivity index (χ4n) is 2.17. The molecule has 0 amide bonds. The highest BCUT2D eigenvalue weighted by molar-refractivity contribution is 5.81. The first-order valence-electron chi connectivity index (χ1n) is 6.04. The molecule has 1 unspecified atom stereocenters. The van der Waals surface area contributed by atoms with Crippen LogP contribution in [0.3, 0.4) is 0 Å². The van der Waals surface area contributed by atoms with E-state index in [0.717, 1.165) is 5.56 Å². The maximum atomic E-state index is 13.3. The van der Waals surface area contributed by atoms with Crippen molar-refractivity contribution in [1.82, 2.24) is 0 Å².